The van der Waals surface area contributed by atoms with Crippen molar-refractivity contribution in [2.24, 2.45) is 5.92 Å². The van der Waals surface area contributed by atoms with Crippen LogP contribution in [0.15, 0.2) is 18.2 Å². The number of ether oxygens (including phenoxy) is 1. The Morgan fingerprint density at radius 2 is 1.90 bits per heavy atom. The van der Waals surface area contributed by atoms with E-state index in [2.05, 4.69) is 38.8 Å². The first kappa shape index (κ1) is 15.2. The summed E-state index contributed by atoms with van der Waals surface area (Å²) in [5, 5.41) is 0. The fourth-order valence-corrected chi connectivity index (χ4v) is 2.71. The quantitative estimate of drug-likeness (QED) is 0.861. The summed E-state index contributed by atoms with van der Waals surface area (Å²) in [5.41, 5.74) is 8.00. The van der Waals surface area contributed by atoms with Crippen LogP contribution in [-0.2, 0) is 5.41 Å². The summed E-state index contributed by atoms with van der Waals surface area (Å²) in [6, 6.07) is 6.03. The molecule has 112 valence electrons. The van der Waals surface area contributed by atoms with Crippen molar-refractivity contribution in [3.63, 3.8) is 0 Å². The average Bonchev–Trinajstić information content (AvgIpc) is 2.36. The molecule has 1 aliphatic rings. The van der Waals surface area contributed by atoms with Gasteiger partial charge in [0.2, 0.25) is 0 Å². The molecule has 0 aromatic heterocycles. The molecule has 3 nitrogen and oxygen atoms in total. The predicted octanol–water partition coefficient (Wildman–Crippen LogP) is 3.29. The molecule has 1 aromatic rings. The zero-order valence-corrected chi connectivity index (χ0v) is 13.3. The van der Waals surface area contributed by atoms with Crippen LogP contribution < -0.4 is 10.5 Å². The van der Waals surface area contributed by atoms with E-state index < -0.39 is 0 Å². The second-order valence-electron chi connectivity index (χ2n) is 7.06. The number of hydrogen-bond acceptors (Lipinski definition) is 3. The zero-order valence-electron chi connectivity index (χ0n) is 13.3. The lowest BCUT2D eigenvalue weighted by Crippen LogP contribution is -2.32. The summed E-state index contributed by atoms with van der Waals surface area (Å²) in [7, 11) is 2.19. The number of nitrogen functional groups attached to an aromatic ring is 1. The molecule has 3 heteroatoms. The topological polar surface area (TPSA) is 38.5 Å². The number of piperidine rings is 1. The second-order valence-corrected chi connectivity index (χ2v) is 7.06. The van der Waals surface area contributed by atoms with Crippen molar-refractivity contribution in [1.82, 2.24) is 4.90 Å². The van der Waals surface area contributed by atoms with Gasteiger partial charge in [0.25, 0.3) is 0 Å². The van der Waals surface area contributed by atoms with Gasteiger partial charge in [-0.25, -0.2) is 0 Å². The highest BCUT2D eigenvalue weighted by Gasteiger charge is 2.21. The molecule has 0 bridgehead atoms. The minimum absolute atomic E-state index is 0.0792. The molecule has 2 rings (SSSR count). The number of hydrogen-bond donors (Lipinski definition) is 1. The van der Waals surface area contributed by atoms with E-state index in [9.17, 15) is 0 Å². The molecule has 1 saturated heterocycles. The number of likely N-dealkylation sites (tertiary alicyclic amines) is 1. The van der Waals surface area contributed by atoms with Crippen LogP contribution in [0.3, 0.4) is 0 Å². The average molecular weight is 276 g/mol. The summed E-state index contributed by atoms with van der Waals surface area (Å²) in [4.78, 5) is 2.39. The summed E-state index contributed by atoms with van der Waals surface area (Å²) in [6.07, 6.45) is 2.45. The fraction of sp³-hybridized carbons (Fsp3) is 0.647. The van der Waals surface area contributed by atoms with Crippen LogP contribution in [0.1, 0.15) is 39.2 Å². The third-order valence-corrected chi connectivity index (χ3v) is 4.13. The molecule has 1 aliphatic heterocycles. The Bertz CT molecular complexity index is 443. The summed E-state index contributed by atoms with van der Waals surface area (Å²) in [6.45, 7) is 9.79. The van der Waals surface area contributed by atoms with Gasteiger partial charge < -0.3 is 15.4 Å². The van der Waals surface area contributed by atoms with E-state index in [1.807, 2.05) is 12.1 Å². The van der Waals surface area contributed by atoms with E-state index in [1.165, 1.54) is 31.5 Å². The highest BCUT2D eigenvalue weighted by Crippen LogP contribution is 2.33. The van der Waals surface area contributed by atoms with Gasteiger partial charge in [0, 0.05) is 11.8 Å². The molecular formula is C17H28N2O. The van der Waals surface area contributed by atoms with Gasteiger partial charge in [0.05, 0.1) is 6.61 Å². The van der Waals surface area contributed by atoms with Crippen LogP contribution in [0, 0.1) is 5.92 Å². The molecule has 1 fully saturated rings. The number of nitrogens with two attached hydrogens (primary N) is 1. The lowest BCUT2D eigenvalue weighted by molar-refractivity contribution is 0.158. The third-order valence-electron chi connectivity index (χ3n) is 4.13. The van der Waals surface area contributed by atoms with Crippen LogP contribution in [-0.4, -0.2) is 31.6 Å². The largest absolute Gasteiger partial charge is 0.493 e. The fourth-order valence-electron chi connectivity index (χ4n) is 2.71. The van der Waals surface area contributed by atoms with Crippen LogP contribution in [0.4, 0.5) is 5.69 Å². The molecule has 0 aliphatic carbocycles. The molecule has 0 radical (unpaired) electrons. The molecule has 0 saturated carbocycles. The van der Waals surface area contributed by atoms with E-state index in [1.54, 1.807) is 0 Å². The van der Waals surface area contributed by atoms with Crippen molar-refractivity contribution in [2.45, 2.75) is 39.0 Å². The normalized spacial score (nSPS) is 18.2. The minimum atomic E-state index is 0.0792. The molecule has 0 unspecified atom stereocenters. The third kappa shape index (κ3) is 3.89. The van der Waals surface area contributed by atoms with Gasteiger partial charge in [0.15, 0.2) is 0 Å². The standard InChI is InChI=1S/C17H28N2O/c1-17(2,3)15-6-5-14(18)11-16(15)20-12-13-7-9-19(4)10-8-13/h5-6,11,13H,7-10,12,18H2,1-4H3. The Morgan fingerprint density at radius 3 is 2.50 bits per heavy atom. The van der Waals surface area contributed by atoms with Crippen LogP contribution >= 0.6 is 0 Å². The summed E-state index contributed by atoms with van der Waals surface area (Å²) >= 11 is 0. The molecule has 1 aromatic carbocycles. The van der Waals surface area contributed by atoms with E-state index in [0.29, 0.717) is 5.92 Å². The number of anilines is 1. The molecule has 0 spiro atoms. The molecule has 20 heavy (non-hydrogen) atoms. The van der Waals surface area contributed by atoms with Crippen LogP contribution in [0.2, 0.25) is 0 Å². The van der Waals surface area contributed by atoms with Gasteiger partial charge in [-0.15, -0.1) is 0 Å². The van der Waals surface area contributed by atoms with Crippen molar-refractivity contribution < 1.29 is 4.74 Å². The lowest BCUT2D eigenvalue weighted by atomic mass is 9.86. The second kappa shape index (κ2) is 6.04. The van der Waals surface area contributed by atoms with Gasteiger partial charge in [-0.3, -0.25) is 0 Å². The van der Waals surface area contributed by atoms with Crippen LogP contribution in [0.5, 0.6) is 5.75 Å². The first-order valence-corrected chi connectivity index (χ1v) is 7.57. The number of rotatable bonds is 3. The van der Waals surface area contributed by atoms with Gasteiger partial charge in [-0.05, 0) is 55.9 Å². The Balaban J connectivity index is 2.03. The minimum Gasteiger partial charge on any atom is -0.493 e. The maximum atomic E-state index is 6.12. The van der Waals surface area contributed by atoms with Gasteiger partial charge >= 0.3 is 0 Å². The van der Waals surface area contributed by atoms with Crippen molar-refractivity contribution in [3.05, 3.63) is 23.8 Å². The molecular weight excluding hydrogens is 248 g/mol. The Labute approximate surface area is 123 Å². The lowest BCUT2D eigenvalue weighted by Gasteiger charge is -2.30. The smallest absolute Gasteiger partial charge is 0.125 e. The van der Waals surface area contributed by atoms with Crippen molar-refractivity contribution >= 4 is 5.69 Å². The highest BCUT2D eigenvalue weighted by atomic mass is 16.5. The predicted molar refractivity (Wildman–Crippen MR) is 85.3 cm³/mol. The maximum absolute atomic E-state index is 6.12. The van der Waals surface area contributed by atoms with Gasteiger partial charge in [0.1, 0.15) is 5.75 Å². The summed E-state index contributed by atoms with van der Waals surface area (Å²) < 4.78 is 6.12. The highest BCUT2D eigenvalue weighted by molar-refractivity contribution is 5.50. The Kier molecular flexibility index (Phi) is 4.59. The molecule has 0 amide bonds. The van der Waals surface area contributed by atoms with E-state index >= 15 is 0 Å². The molecule has 2 N–H and O–H groups in total. The first-order valence-electron chi connectivity index (χ1n) is 7.57. The Hall–Kier alpha value is -1.22. The number of benzene rings is 1. The van der Waals surface area contributed by atoms with E-state index in [4.69, 9.17) is 10.5 Å². The first-order chi connectivity index (χ1) is 9.36. The molecule has 0 atom stereocenters. The van der Waals surface area contributed by atoms with Crippen molar-refractivity contribution in [3.8, 4) is 5.75 Å². The van der Waals surface area contributed by atoms with Gasteiger partial charge in [-0.1, -0.05) is 26.8 Å². The maximum Gasteiger partial charge on any atom is 0.125 e. The number of nitrogens with zero attached hydrogens (tertiary/aromatic N) is 1. The SMILES string of the molecule is CN1CCC(COc2cc(N)ccc2C(C)(C)C)CC1. The zero-order chi connectivity index (χ0) is 14.8. The Morgan fingerprint density at radius 1 is 1.25 bits per heavy atom. The van der Waals surface area contributed by atoms with E-state index in [0.717, 1.165) is 18.0 Å². The monoisotopic (exact) mass is 276 g/mol. The van der Waals surface area contributed by atoms with Crippen molar-refractivity contribution in [2.75, 3.05) is 32.5 Å². The van der Waals surface area contributed by atoms with Crippen molar-refractivity contribution in [1.29, 1.82) is 0 Å². The van der Waals surface area contributed by atoms with Gasteiger partial charge in [-0.2, -0.15) is 0 Å². The molecule has 1 heterocycles. The summed E-state index contributed by atoms with van der Waals surface area (Å²) in [5.74, 6) is 1.62. The van der Waals surface area contributed by atoms with Crippen LogP contribution in [0.25, 0.3) is 0 Å². The van der Waals surface area contributed by atoms with E-state index in [-0.39, 0.29) is 5.41 Å².